The predicted molar refractivity (Wildman–Crippen MR) is 127 cm³/mol. The predicted octanol–water partition coefficient (Wildman–Crippen LogP) is 3.75. The fraction of sp³-hybridized carbons (Fsp3) is 0.458. The Morgan fingerprint density at radius 2 is 1.94 bits per heavy atom. The van der Waals surface area contributed by atoms with Crippen LogP contribution in [0.25, 0.3) is 5.57 Å². The van der Waals surface area contributed by atoms with Gasteiger partial charge in [0.05, 0.1) is 11.9 Å². The van der Waals surface area contributed by atoms with Gasteiger partial charge in [0.1, 0.15) is 11.6 Å². The molecule has 4 heterocycles. The van der Waals surface area contributed by atoms with Crippen molar-refractivity contribution in [1.82, 2.24) is 20.3 Å². The van der Waals surface area contributed by atoms with E-state index in [4.69, 9.17) is 4.98 Å². The Balaban J connectivity index is 1.39. The monoisotopic (exact) mass is 417 g/mol. The van der Waals surface area contributed by atoms with Crippen molar-refractivity contribution in [1.29, 1.82) is 0 Å². The molecular weight excluding hydrogens is 386 g/mol. The third-order valence-electron chi connectivity index (χ3n) is 6.75. The summed E-state index contributed by atoms with van der Waals surface area (Å²) in [5.41, 5.74) is 4.77. The Bertz CT molecular complexity index is 970. The largest absolute Gasteiger partial charge is 0.368 e. The van der Waals surface area contributed by atoms with Gasteiger partial charge in [-0.1, -0.05) is 25.5 Å². The molecule has 0 spiro atoms. The minimum absolute atomic E-state index is 0.543. The molecule has 1 aliphatic carbocycles. The third kappa shape index (κ3) is 4.02. The minimum Gasteiger partial charge on any atom is -0.368 e. The molecule has 1 saturated heterocycles. The highest BCUT2D eigenvalue weighted by atomic mass is 15.3. The Labute approximate surface area is 184 Å². The van der Waals surface area contributed by atoms with Crippen LogP contribution in [0.2, 0.25) is 0 Å². The molecule has 2 N–H and O–H groups in total. The molecule has 0 radical (unpaired) electrons. The fourth-order valence-electron chi connectivity index (χ4n) is 4.89. The van der Waals surface area contributed by atoms with Crippen LogP contribution in [0.3, 0.4) is 0 Å². The van der Waals surface area contributed by atoms with Gasteiger partial charge in [-0.05, 0) is 43.0 Å². The maximum absolute atomic E-state index is 4.94. The lowest BCUT2D eigenvalue weighted by atomic mass is 9.96. The first-order valence-electron chi connectivity index (χ1n) is 11.4. The Hall–Kier alpha value is -2.93. The van der Waals surface area contributed by atoms with Crippen molar-refractivity contribution in [2.75, 3.05) is 47.8 Å². The van der Waals surface area contributed by atoms with Crippen molar-refractivity contribution in [2.24, 2.45) is 0 Å². The van der Waals surface area contributed by atoms with Crippen molar-refractivity contribution in [2.45, 2.75) is 38.6 Å². The average Bonchev–Trinajstić information content (AvgIpc) is 3.35. The van der Waals surface area contributed by atoms with Crippen LogP contribution in [0, 0.1) is 0 Å². The van der Waals surface area contributed by atoms with Crippen LogP contribution >= 0.6 is 0 Å². The van der Waals surface area contributed by atoms with E-state index in [-0.39, 0.29) is 0 Å². The summed E-state index contributed by atoms with van der Waals surface area (Å²) >= 11 is 0. The Morgan fingerprint density at radius 1 is 1.13 bits per heavy atom. The summed E-state index contributed by atoms with van der Waals surface area (Å²) in [5, 5.41) is 6.69. The third-order valence-corrected chi connectivity index (χ3v) is 6.75. The van der Waals surface area contributed by atoms with Gasteiger partial charge in [-0.2, -0.15) is 4.98 Å². The van der Waals surface area contributed by atoms with E-state index in [2.05, 4.69) is 50.0 Å². The van der Waals surface area contributed by atoms with E-state index in [0.29, 0.717) is 12.0 Å². The lowest BCUT2D eigenvalue weighted by Gasteiger charge is -2.36. The molecule has 1 saturated carbocycles. The zero-order valence-electron chi connectivity index (χ0n) is 18.3. The molecule has 31 heavy (non-hydrogen) atoms. The molecule has 2 aliphatic heterocycles. The summed E-state index contributed by atoms with van der Waals surface area (Å²) in [6.45, 7) is 11.1. The molecule has 7 heteroatoms. The van der Waals surface area contributed by atoms with Gasteiger partial charge in [0.2, 0.25) is 5.95 Å². The zero-order valence-corrected chi connectivity index (χ0v) is 18.3. The van der Waals surface area contributed by atoms with Gasteiger partial charge in [-0.15, -0.1) is 0 Å². The maximum atomic E-state index is 4.94. The number of fused-ring (bicyclic) bond motifs is 1. The van der Waals surface area contributed by atoms with Gasteiger partial charge in [0.15, 0.2) is 0 Å². The maximum Gasteiger partial charge on any atom is 0.230 e. The molecular formula is C24H31N7. The van der Waals surface area contributed by atoms with Crippen molar-refractivity contribution < 1.29 is 0 Å². The number of allylic oxidation sites excluding steroid dienone is 1. The fourth-order valence-corrected chi connectivity index (χ4v) is 4.89. The second-order valence-corrected chi connectivity index (χ2v) is 8.62. The number of pyridine rings is 1. The number of aromatic nitrogens is 3. The summed E-state index contributed by atoms with van der Waals surface area (Å²) in [5.74, 6) is 2.39. The molecule has 2 fully saturated rings. The number of anilines is 4. The normalized spacial score (nSPS) is 19.5. The van der Waals surface area contributed by atoms with Crippen LogP contribution in [0.4, 0.5) is 23.3 Å². The quantitative estimate of drug-likeness (QED) is 0.768. The molecule has 3 aliphatic rings. The second-order valence-electron chi connectivity index (χ2n) is 8.62. The lowest BCUT2D eigenvalue weighted by Crippen LogP contribution is -2.43. The van der Waals surface area contributed by atoms with Gasteiger partial charge in [0, 0.05) is 50.5 Å². The van der Waals surface area contributed by atoms with E-state index in [1.54, 1.807) is 0 Å². The number of rotatable bonds is 5. The summed E-state index contributed by atoms with van der Waals surface area (Å²) in [6.07, 6.45) is 10.9. The number of hydrogen-bond acceptors (Lipinski definition) is 7. The first-order valence-corrected chi connectivity index (χ1v) is 11.4. The van der Waals surface area contributed by atoms with Crippen molar-refractivity contribution in [3.05, 3.63) is 48.3 Å². The van der Waals surface area contributed by atoms with Crippen molar-refractivity contribution in [3.63, 3.8) is 0 Å². The van der Waals surface area contributed by atoms with Crippen LogP contribution in [-0.2, 0) is 0 Å². The first kappa shape index (κ1) is 20.0. The number of hydrogen-bond donors (Lipinski definition) is 2. The van der Waals surface area contributed by atoms with Crippen molar-refractivity contribution >= 4 is 28.8 Å². The van der Waals surface area contributed by atoms with Gasteiger partial charge in [0.25, 0.3) is 0 Å². The second kappa shape index (κ2) is 8.67. The van der Waals surface area contributed by atoms with Crippen LogP contribution < -0.4 is 20.4 Å². The van der Waals surface area contributed by atoms with Crippen LogP contribution in [0.5, 0.6) is 0 Å². The molecule has 5 rings (SSSR count). The number of nitrogens with zero attached hydrogens (tertiary/aromatic N) is 5. The number of nitrogens with one attached hydrogen (secondary N) is 2. The highest BCUT2D eigenvalue weighted by Gasteiger charge is 2.30. The molecule has 0 bridgehead atoms. The highest BCUT2D eigenvalue weighted by molar-refractivity contribution is 5.81. The number of piperazine rings is 1. The molecule has 0 amide bonds. The van der Waals surface area contributed by atoms with E-state index in [1.165, 1.54) is 36.8 Å². The first-order chi connectivity index (χ1) is 15.2. The molecule has 0 unspecified atom stereocenters. The Morgan fingerprint density at radius 3 is 2.65 bits per heavy atom. The van der Waals surface area contributed by atoms with Gasteiger partial charge in [-0.3, -0.25) is 0 Å². The molecule has 2 aromatic rings. The molecule has 2 aromatic heterocycles. The van der Waals surface area contributed by atoms with E-state index in [1.807, 2.05) is 24.5 Å². The zero-order chi connectivity index (χ0) is 21.2. The summed E-state index contributed by atoms with van der Waals surface area (Å²) < 4.78 is 0. The van der Waals surface area contributed by atoms with E-state index in [0.717, 1.165) is 55.6 Å². The SMILES string of the molecule is C=CC1=C(C)c2cnc(Nc3ccc(N4CCNCC4)cn3)nc2N(C2CCCC2)C1. The minimum atomic E-state index is 0.543. The van der Waals surface area contributed by atoms with Crippen LogP contribution in [-0.4, -0.2) is 53.7 Å². The van der Waals surface area contributed by atoms with Gasteiger partial charge >= 0.3 is 0 Å². The van der Waals surface area contributed by atoms with Gasteiger partial charge < -0.3 is 20.4 Å². The van der Waals surface area contributed by atoms with Crippen LogP contribution in [0.15, 0.2) is 42.8 Å². The van der Waals surface area contributed by atoms with Crippen molar-refractivity contribution in [3.8, 4) is 0 Å². The molecule has 7 nitrogen and oxygen atoms in total. The highest BCUT2D eigenvalue weighted by Crippen LogP contribution is 2.38. The molecule has 0 atom stereocenters. The summed E-state index contributed by atoms with van der Waals surface area (Å²) in [6, 6.07) is 4.67. The van der Waals surface area contributed by atoms with E-state index in [9.17, 15) is 0 Å². The average molecular weight is 418 g/mol. The summed E-state index contributed by atoms with van der Waals surface area (Å²) in [4.78, 5) is 19.0. The standard InChI is InChI=1S/C24H31N7/c1-3-18-16-31(19-6-4-5-7-19)23-21(17(18)2)15-27-24(29-23)28-22-9-8-20(14-26-22)30-12-10-25-11-13-30/h3,8-9,14-15,19,25H,1,4-7,10-13,16H2,2H3,(H,26,27,28,29). The molecule has 0 aromatic carbocycles. The Kier molecular flexibility index (Phi) is 5.59. The topological polar surface area (TPSA) is 69.2 Å². The van der Waals surface area contributed by atoms with Crippen LogP contribution in [0.1, 0.15) is 38.2 Å². The van der Waals surface area contributed by atoms with E-state index < -0.39 is 0 Å². The van der Waals surface area contributed by atoms with Gasteiger partial charge in [-0.25, -0.2) is 9.97 Å². The summed E-state index contributed by atoms with van der Waals surface area (Å²) in [7, 11) is 0. The molecule has 162 valence electrons. The lowest BCUT2D eigenvalue weighted by molar-refractivity contribution is 0.589. The smallest absolute Gasteiger partial charge is 0.230 e. The van der Waals surface area contributed by atoms with E-state index >= 15 is 0 Å².